The molecule has 2 aromatic rings. The lowest BCUT2D eigenvalue weighted by Gasteiger charge is -2.10. The van der Waals surface area contributed by atoms with Crippen LogP contribution in [0, 0.1) is 5.82 Å². The first-order valence-corrected chi connectivity index (χ1v) is 7.81. The average molecular weight is 360 g/mol. The molecular weight excluding hydrogens is 349 g/mol. The van der Waals surface area contributed by atoms with Gasteiger partial charge in [-0.25, -0.2) is 17.5 Å². The van der Waals surface area contributed by atoms with E-state index in [-0.39, 0.29) is 21.6 Å². The minimum Gasteiger partial charge on any atom is -0.398 e. The Balaban J connectivity index is 2.25. The molecule has 0 unspecified atom stereocenters. The third-order valence-electron chi connectivity index (χ3n) is 2.56. The minimum absolute atomic E-state index is 0.0380. The lowest BCUT2D eigenvalue weighted by atomic mass is 10.3. The molecule has 0 amide bonds. The summed E-state index contributed by atoms with van der Waals surface area (Å²) in [5.74, 6) is -0.615. The van der Waals surface area contributed by atoms with Crippen LogP contribution in [0.5, 0.6) is 0 Å². The Labute approximate surface area is 124 Å². The molecule has 3 N–H and O–H groups in total. The Morgan fingerprint density at radius 2 is 1.95 bits per heavy atom. The van der Waals surface area contributed by atoms with E-state index in [9.17, 15) is 12.8 Å². The third-order valence-corrected chi connectivity index (χ3v) is 4.62. The van der Waals surface area contributed by atoms with Crippen molar-refractivity contribution in [3.63, 3.8) is 0 Å². The highest BCUT2D eigenvalue weighted by Crippen LogP contribution is 2.26. The molecule has 0 saturated heterocycles. The van der Waals surface area contributed by atoms with Crippen molar-refractivity contribution >= 4 is 31.6 Å². The number of anilines is 1. The summed E-state index contributed by atoms with van der Waals surface area (Å²) in [6.45, 7) is 0.0965. The average Bonchev–Trinajstić information content (AvgIpc) is 2.42. The van der Waals surface area contributed by atoms with Gasteiger partial charge >= 0.3 is 0 Å². The van der Waals surface area contributed by atoms with Crippen LogP contribution in [0.25, 0.3) is 0 Å². The van der Waals surface area contributed by atoms with Gasteiger partial charge < -0.3 is 5.73 Å². The van der Waals surface area contributed by atoms with Gasteiger partial charge in [0.1, 0.15) is 10.7 Å². The molecule has 1 aromatic carbocycles. The lowest BCUT2D eigenvalue weighted by molar-refractivity contribution is 0.580. The number of halogens is 2. The van der Waals surface area contributed by atoms with Crippen molar-refractivity contribution in [1.82, 2.24) is 9.71 Å². The fraction of sp³-hybridized carbons (Fsp3) is 0.0833. The van der Waals surface area contributed by atoms with Crippen molar-refractivity contribution in [2.24, 2.45) is 0 Å². The first-order chi connectivity index (χ1) is 9.40. The summed E-state index contributed by atoms with van der Waals surface area (Å²) in [4.78, 5) is 3.67. The minimum atomic E-state index is -3.82. The molecule has 106 valence electrons. The first kappa shape index (κ1) is 14.9. The highest BCUT2D eigenvalue weighted by Gasteiger charge is 2.19. The summed E-state index contributed by atoms with van der Waals surface area (Å²) in [7, 11) is -3.82. The fourth-order valence-corrected chi connectivity index (χ4v) is 3.18. The Hall–Kier alpha value is -1.51. The second-order valence-corrected chi connectivity index (χ2v) is 6.57. The van der Waals surface area contributed by atoms with Crippen molar-refractivity contribution in [2.45, 2.75) is 11.4 Å². The van der Waals surface area contributed by atoms with Crippen molar-refractivity contribution in [3.8, 4) is 0 Å². The summed E-state index contributed by atoms with van der Waals surface area (Å²) in [6, 6.07) is 5.48. The van der Waals surface area contributed by atoms with Gasteiger partial charge in [0.15, 0.2) is 0 Å². The van der Waals surface area contributed by atoms with Crippen molar-refractivity contribution in [1.29, 1.82) is 0 Å². The monoisotopic (exact) mass is 359 g/mol. The van der Waals surface area contributed by atoms with Crippen LogP contribution in [0.2, 0.25) is 0 Å². The summed E-state index contributed by atoms with van der Waals surface area (Å²) >= 11 is 2.94. The van der Waals surface area contributed by atoms with Crippen LogP contribution in [0.4, 0.5) is 10.1 Å². The van der Waals surface area contributed by atoms with E-state index >= 15 is 0 Å². The molecule has 0 aliphatic carbocycles. The lowest BCUT2D eigenvalue weighted by Crippen LogP contribution is -2.24. The van der Waals surface area contributed by atoms with Crippen LogP contribution in [-0.2, 0) is 16.6 Å². The van der Waals surface area contributed by atoms with E-state index in [0.717, 1.165) is 17.7 Å². The van der Waals surface area contributed by atoms with Crippen LogP contribution in [0.3, 0.4) is 0 Å². The number of sulfonamides is 1. The molecule has 0 aliphatic rings. The molecular formula is C12H11BrFN3O2S. The highest BCUT2D eigenvalue weighted by atomic mass is 79.9. The van der Waals surface area contributed by atoms with Crippen LogP contribution in [0.15, 0.2) is 46.0 Å². The maximum absolute atomic E-state index is 13.2. The summed E-state index contributed by atoms with van der Waals surface area (Å²) in [6.07, 6.45) is 3.12. The van der Waals surface area contributed by atoms with Gasteiger partial charge in [-0.3, -0.25) is 4.98 Å². The maximum Gasteiger partial charge on any atom is 0.242 e. The summed E-state index contributed by atoms with van der Waals surface area (Å²) in [5, 5.41) is 0. The standard InChI is InChI=1S/C12H11BrFN3O2S/c13-9-5-12(11(15)6-10(9)14)20(18,19)17-7-8-1-3-16-4-2-8/h1-6,17H,7,15H2. The van der Waals surface area contributed by atoms with Crippen LogP contribution in [-0.4, -0.2) is 13.4 Å². The molecule has 0 bridgehead atoms. The van der Waals surface area contributed by atoms with Gasteiger partial charge in [0.25, 0.3) is 0 Å². The molecule has 0 fully saturated rings. The van der Waals surface area contributed by atoms with Crippen LogP contribution >= 0.6 is 15.9 Å². The molecule has 0 aliphatic heterocycles. The number of benzene rings is 1. The van der Waals surface area contributed by atoms with Gasteiger partial charge in [0, 0.05) is 18.9 Å². The second kappa shape index (κ2) is 5.86. The van der Waals surface area contributed by atoms with Crippen LogP contribution in [0.1, 0.15) is 5.56 Å². The molecule has 0 atom stereocenters. The van der Waals surface area contributed by atoms with Gasteiger partial charge in [-0.1, -0.05) is 0 Å². The Kier molecular flexibility index (Phi) is 4.36. The van der Waals surface area contributed by atoms with Gasteiger partial charge in [-0.15, -0.1) is 0 Å². The molecule has 8 heteroatoms. The molecule has 0 radical (unpaired) electrons. The number of nitrogen functional groups attached to an aromatic ring is 1. The van der Waals surface area contributed by atoms with Crippen molar-refractivity contribution in [2.75, 3.05) is 5.73 Å². The maximum atomic E-state index is 13.2. The Morgan fingerprint density at radius 3 is 2.60 bits per heavy atom. The Bertz CT molecular complexity index is 723. The zero-order valence-corrected chi connectivity index (χ0v) is 12.6. The third kappa shape index (κ3) is 3.33. The first-order valence-electron chi connectivity index (χ1n) is 5.53. The predicted octanol–water partition coefficient (Wildman–Crippen LogP) is 2.04. The van der Waals surface area contributed by atoms with E-state index in [4.69, 9.17) is 5.73 Å². The molecule has 2 rings (SSSR count). The topological polar surface area (TPSA) is 85.1 Å². The highest BCUT2D eigenvalue weighted by molar-refractivity contribution is 9.10. The quantitative estimate of drug-likeness (QED) is 0.818. The normalized spacial score (nSPS) is 11.5. The summed E-state index contributed by atoms with van der Waals surface area (Å²) in [5.41, 5.74) is 6.16. The summed E-state index contributed by atoms with van der Waals surface area (Å²) < 4.78 is 40.0. The number of pyridine rings is 1. The molecule has 1 heterocycles. The van der Waals surface area contributed by atoms with Crippen LogP contribution < -0.4 is 10.5 Å². The van der Waals surface area contributed by atoms with Gasteiger partial charge in [-0.05, 0) is 45.8 Å². The smallest absolute Gasteiger partial charge is 0.242 e. The van der Waals surface area contributed by atoms with E-state index in [1.165, 1.54) is 0 Å². The number of hydrogen-bond acceptors (Lipinski definition) is 4. The number of rotatable bonds is 4. The number of nitrogens with zero attached hydrogens (tertiary/aromatic N) is 1. The number of nitrogens with one attached hydrogen (secondary N) is 1. The van der Waals surface area contributed by atoms with Gasteiger partial charge in [-0.2, -0.15) is 0 Å². The Morgan fingerprint density at radius 1 is 1.30 bits per heavy atom. The number of hydrogen-bond donors (Lipinski definition) is 2. The zero-order chi connectivity index (χ0) is 14.8. The fourth-order valence-electron chi connectivity index (χ4n) is 1.53. The molecule has 20 heavy (non-hydrogen) atoms. The number of aromatic nitrogens is 1. The van der Waals surface area contributed by atoms with Crippen molar-refractivity contribution in [3.05, 3.63) is 52.5 Å². The van der Waals surface area contributed by atoms with E-state index in [2.05, 4.69) is 25.6 Å². The van der Waals surface area contributed by atoms with E-state index in [1.54, 1.807) is 24.5 Å². The molecule has 0 saturated carbocycles. The van der Waals surface area contributed by atoms with E-state index < -0.39 is 15.8 Å². The van der Waals surface area contributed by atoms with E-state index in [0.29, 0.717) is 0 Å². The predicted molar refractivity (Wildman–Crippen MR) is 76.8 cm³/mol. The van der Waals surface area contributed by atoms with Gasteiger partial charge in [0.05, 0.1) is 10.2 Å². The van der Waals surface area contributed by atoms with Gasteiger partial charge in [0.2, 0.25) is 10.0 Å². The van der Waals surface area contributed by atoms with Crippen molar-refractivity contribution < 1.29 is 12.8 Å². The second-order valence-electron chi connectivity index (χ2n) is 3.98. The van der Waals surface area contributed by atoms with E-state index in [1.807, 2.05) is 0 Å². The number of nitrogens with two attached hydrogens (primary N) is 1. The SMILES string of the molecule is Nc1cc(F)c(Br)cc1S(=O)(=O)NCc1ccncc1. The molecule has 1 aromatic heterocycles. The molecule has 5 nitrogen and oxygen atoms in total. The largest absolute Gasteiger partial charge is 0.398 e. The zero-order valence-electron chi connectivity index (χ0n) is 10.2. The molecule has 0 spiro atoms.